The van der Waals surface area contributed by atoms with Crippen LogP contribution in [0.1, 0.15) is 18.4 Å². The molecule has 0 unspecified atom stereocenters. The summed E-state index contributed by atoms with van der Waals surface area (Å²) in [6, 6.07) is 5.18. The van der Waals surface area contributed by atoms with Gasteiger partial charge in [0.05, 0.1) is 0 Å². The van der Waals surface area contributed by atoms with Crippen LogP contribution in [0, 0.1) is 12.7 Å². The van der Waals surface area contributed by atoms with Crippen molar-refractivity contribution < 1.29 is 13.9 Å². The van der Waals surface area contributed by atoms with E-state index in [1.165, 1.54) is 6.07 Å². The molecule has 1 aliphatic carbocycles. The first-order chi connectivity index (χ1) is 7.66. The highest BCUT2D eigenvalue weighted by atomic mass is 19.1. The summed E-state index contributed by atoms with van der Waals surface area (Å²) in [5.74, 6) is -0.462. The van der Waals surface area contributed by atoms with Crippen LogP contribution in [0.15, 0.2) is 18.2 Å². The molecule has 1 saturated carbocycles. The van der Waals surface area contributed by atoms with E-state index in [-0.39, 0.29) is 18.3 Å². The molecule has 4 heteroatoms. The Hall–Kier alpha value is -1.58. The van der Waals surface area contributed by atoms with Gasteiger partial charge < -0.3 is 10.1 Å². The Balaban J connectivity index is 1.88. The zero-order valence-electron chi connectivity index (χ0n) is 9.13. The van der Waals surface area contributed by atoms with Crippen LogP contribution >= 0.6 is 0 Å². The van der Waals surface area contributed by atoms with Crippen molar-refractivity contribution in [1.29, 1.82) is 0 Å². The number of amides is 1. The second-order valence-electron chi connectivity index (χ2n) is 4.02. The molecule has 1 aromatic rings. The molecule has 1 amide bonds. The number of aryl methyl sites for hydroxylation is 1. The number of carbonyl (C=O) groups is 1. The number of halogens is 1. The topological polar surface area (TPSA) is 38.3 Å². The lowest BCUT2D eigenvalue weighted by Gasteiger charge is -2.08. The molecule has 0 radical (unpaired) electrons. The lowest BCUT2D eigenvalue weighted by molar-refractivity contribution is -0.123. The minimum Gasteiger partial charge on any atom is -0.481 e. The number of carbonyl (C=O) groups excluding carboxylic acids is 1. The Kier molecular flexibility index (Phi) is 3.08. The van der Waals surface area contributed by atoms with E-state index in [2.05, 4.69) is 5.32 Å². The molecular weight excluding hydrogens is 209 g/mol. The lowest BCUT2D eigenvalue weighted by Crippen LogP contribution is -2.30. The number of hydrogen-bond donors (Lipinski definition) is 1. The van der Waals surface area contributed by atoms with Gasteiger partial charge in [-0.25, -0.2) is 4.39 Å². The van der Waals surface area contributed by atoms with Crippen LogP contribution in [-0.2, 0) is 4.79 Å². The highest BCUT2D eigenvalue weighted by Crippen LogP contribution is 2.20. The fourth-order valence-corrected chi connectivity index (χ4v) is 1.37. The Bertz CT molecular complexity index is 402. The first-order valence-corrected chi connectivity index (χ1v) is 5.34. The maximum atomic E-state index is 13.5. The smallest absolute Gasteiger partial charge is 0.258 e. The van der Waals surface area contributed by atoms with Crippen molar-refractivity contribution in [3.05, 3.63) is 29.6 Å². The maximum absolute atomic E-state index is 13.5. The van der Waals surface area contributed by atoms with Gasteiger partial charge in [-0.15, -0.1) is 0 Å². The summed E-state index contributed by atoms with van der Waals surface area (Å²) < 4.78 is 18.6. The predicted molar refractivity (Wildman–Crippen MR) is 57.8 cm³/mol. The van der Waals surface area contributed by atoms with Gasteiger partial charge in [0.25, 0.3) is 5.91 Å². The van der Waals surface area contributed by atoms with Crippen molar-refractivity contribution in [1.82, 2.24) is 5.32 Å². The van der Waals surface area contributed by atoms with E-state index in [4.69, 9.17) is 4.74 Å². The third-order valence-electron chi connectivity index (χ3n) is 2.46. The summed E-state index contributed by atoms with van der Waals surface area (Å²) in [5, 5.41) is 2.77. The van der Waals surface area contributed by atoms with Crippen molar-refractivity contribution in [2.45, 2.75) is 25.8 Å². The van der Waals surface area contributed by atoms with Gasteiger partial charge in [0.1, 0.15) is 0 Å². The zero-order chi connectivity index (χ0) is 11.5. The summed E-state index contributed by atoms with van der Waals surface area (Å²) in [4.78, 5) is 11.3. The second-order valence-corrected chi connectivity index (χ2v) is 4.02. The SMILES string of the molecule is Cc1cccc(OCC(=O)NC2CC2)c1F. The number of hydrogen-bond acceptors (Lipinski definition) is 2. The molecule has 1 fully saturated rings. The van der Waals surface area contributed by atoms with Crippen LogP contribution in [0.2, 0.25) is 0 Å². The zero-order valence-corrected chi connectivity index (χ0v) is 9.13. The van der Waals surface area contributed by atoms with E-state index >= 15 is 0 Å². The Morgan fingerprint density at radius 2 is 2.31 bits per heavy atom. The van der Waals surface area contributed by atoms with Crippen LogP contribution in [0.25, 0.3) is 0 Å². The molecule has 1 aromatic carbocycles. The van der Waals surface area contributed by atoms with Crippen molar-refractivity contribution in [2.75, 3.05) is 6.61 Å². The molecule has 0 spiro atoms. The van der Waals surface area contributed by atoms with E-state index < -0.39 is 5.82 Å². The van der Waals surface area contributed by atoms with Gasteiger partial charge in [-0.3, -0.25) is 4.79 Å². The van der Waals surface area contributed by atoms with Crippen molar-refractivity contribution in [3.63, 3.8) is 0 Å². The van der Waals surface area contributed by atoms with E-state index in [9.17, 15) is 9.18 Å². The summed E-state index contributed by atoms with van der Waals surface area (Å²) >= 11 is 0. The molecule has 0 aromatic heterocycles. The number of ether oxygens (including phenoxy) is 1. The monoisotopic (exact) mass is 223 g/mol. The third-order valence-corrected chi connectivity index (χ3v) is 2.46. The predicted octanol–water partition coefficient (Wildman–Crippen LogP) is 1.79. The minimum absolute atomic E-state index is 0.128. The average molecular weight is 223 g/mol. The van der Waals surface area contributed by atoms with Crippen LogP contribution in [-0.4, -0.2) is 18.6 Å². The average Bonchev–Trinajstić information content (AvgIpc) is 3.04. The van der Waals surface area contributed by atoms with Crippen LogP contribution < -0.4 is 10.1 Å². The molecule has 0 atom stereocenters. The normalized spacial score (nSPS) is 14.6. The first kappa shape index (κ1) is 10.9. The van der Waals surface area contributed by atoms with E-state index in [0.29, 0.717) is 11.6 Å². The minimum atomic E-state index is -0.401. The van der Waals surface area contributed by atoms with Gasteiger partial charge in [0.2, 0.25) is 0 Å². The van der Waals surface area contributed by atoms with E-state index in [1.807, 2.05) is 0 Å². The Morgan fingerprint density at radius 3 is 3.00 bits per heavy atom. The highest BCUT2D eigenvalue weighted by Gasteiger charge is 2.23. The van der Waals surface area contributed by atoms with Crippen LogP contribution in [0.5, 0.6) is 5.75 Å². The van der Waals surface area contributed by atoms with Crippen LogP contribution in [0.3, 0.4) is 0 Å². The second kappa shape index (κ2) is 4.51. The first-order valence-electron chi connectivity index (χ1n) is 5.34. The quantitative estimate of drug-likeness (QED) is 0.845. The third kappa shape index (κ3) is 2.72. The largest absolute Gasteiger partial charge is 0.481 e. The molecule has 1 aliphatic rings. The summed E-state index contributed by atoms with van der Waals surface area (Å²) in [6.45, 7) is 1.53. The molecule has 16 heavy (non-hydrogen) atoms. The molecule has 2 rings (SSSR count). The number of nitrogens with one attached hydrogen (secondary N) is 1. The summed E-state index contributed by atoms with van der Waals surface area (Å²) in [6.07, 6.45) is 2.06. The van der Waals surface area contributed by atoms with E-state index in [0.717, 1.165) is 12.8 Å². The molecule has 0 saturated heterocycles. The standard InChI is InChI=1S/C12H14FNO2/c1-8-3-2-4-10(12(8)13)16-7-11(15)14-9-5-6-9/h2-4,9H,5-7H2,1H3,(H,14,15). The van der Waals surface area contributed by atoms with Crippen molar-refractivity contribution in [2.24, 2.45) is 0 Å². The van der Waals surface area contributed by atoms with Crippen molar-refractivity contribution >= 4 is 5.91 Å². The van der Waals surface area contributed by atoms with Gasteiger partial charge in [0.15, 0.2) is 18.2 Å². The molecule has 0 aliphatic heterocycles. The van der Waals surface area contributed by atoms with Crippen LogP contribution in [0.4, 0.5) is 4.39 Å². The Labute approximate surface area is 93.6 Å². The lowest BCUT2D eigenvalue weighted by atomic mass is 10.2. The van der Waals surface area contributed by atoms with Gasteiger partial charge in [-0.1, -0.05) is 12.1 Å². The number of rotatable bonds is 4. The van der Waals surface area contributed by atoms with Gasteiger partial charge in [-0.05, 0) is 31.4 Å². The van der Waals surface area contributed by atoms with E-state index in [1.54, 1.807) is 19.1 Å². The molecular formula is C12H14FNO2. The maximum Gasteiger partial charge on any atom is 0.258 e. The summed E-state index contributed by atoms with van der Waals surface area (Å²) in [5.41, 5.74) is 0.514. The van der Waals surface area contributed by atoms with Gasteiger partial charge >= 0.3 is 0 Å². The molecule has 86 valence electrons. The summed E-state index contributed by atoms with van der Waals surface area (Å²) in [7, 11) is 0. The molecule has 0 heterocycles. The highest BCUT2D eigenvalue weighted by molar-refractivity contribution is 5.78. The Morgan fingerprint density at radius 1 is 1.56 bits per heavy atom. The van der Waals surface area contributed by atoms with Crippen molar-refractivity contribution in [3.8, 4) is 5.75 Å². The fraction of sp³-hybridized carbons (Fsp3) is 0.417. The molecule has 0 bridgehead atoms. The molecule has 3 nitrogen and oxygen atoms in total. The fourth-order valence-electron chi connectivity index (χ4n) is 1.37. The molecule has 1 N–H and O–H groups in total. The van der Waals surface area contributed by atoms with Gasteiger partial charge in [0, 0.05) is 6.04 Å². The van der Waals surface area contributed by atoms with Gasteiger partial charge in [-0.2, -0.15) is 0 Å². The number of benzene rings is 1.